The summed E-state index contributed by atoms with van der Waals surface area (Å²) < 4.78 is 10.2. The third kappa shape index (κ3) is 1.75. The Hall–Kier alpha value is -1.71. The molecule has 1 unspecified atom stereocenters. The fourth-order valence-corrected chi connectivity index (χ4v) is 1.59. The number of anilines is 1. The van der Waals surface area contributed by atoms with E-state index < -0.39 is 0 Å². The normalized spacial score (nSPS) is 18.4. The van der Waals surface area contributed by atoms with Crippen LogP contribution in [0.15, 0.2) is 18.2 Å². The average Bonchev–Trinajstić information content (AvgIpc) is 2.26. The minimum Gasteiger partial charge on any atom is -0.488 e. The lowest BCUT2D eigenvalue weighted by atomic mass is 10.1. The van der Waals surface area contributed by atoms with Gasteiger partial charge in [-0.1, -0.05) is 6.07 Å². The molecule has 1 aromatic carbocycles. The summed E-state index contributed by atoms with van der Waals surface area (Å²) >= 11 is 0. The van der Waals surface area contributed by atoms with Gasteiger partial charge >= 0.3 is 5.97 Å². The summed E-state index contributed by atoms with van der Waals surface area (Å²) in [6, 6.07) is 5.64. The third-order valence-electron chi connectivity index (χ3n) is 2.30. The van der Waals surface area contributed by atoms with E-state index in [0.29, 0.717) is 17.9 Å². The van der Waals surface area contributed by atoms with Crippen LogP contribution in [-0.4, -0.2) is 25.7 Å². The first-order valence-electron chi connectivity index (χ1n) is 4.83. The van der Waals surface area contributed by atoms with Gasteiger partial charge in [-0.15, -0.1) is 0 Å². The maximum absolute atomic E-state index is 11.4. The van der Waals surface area contributed by atoms with Gasteiger partial charge < -0.3 is 14.8 Å². The number of benzene rings is 1. The number of hydrogen-bond donors (Lipinski definition) is 1. The average molecular weight is 207 g/mol. The summed E-state index contributed by atoms with van der Waals surface area (Å²) in [5.74, 6) is 0.214. The molecule has 1 aromatic rings. The Bertz CT molecular complexity index is 389. The van der Waals surface area contributed by atoms with Crippen molar-refractivity contribution in [2.75, 3.05) is 19.0 Å². The minimum atomic E-state index is -0.372. The number of fused-ring (bicyclic) bond motifs is 1. The van der Waals surface area contributed by atoms with E-state index in [2.05, 4.69) is 10.1 Å². The zero-order chi connectivity index (χ0) is 10.8. The molecule has 15 heavy (non-hydrogen) atoms. The van der Waals surface area contributed by atoms with Crippen molar-refractivity contribution in [3.05, 3.63) is 23.8 Å². The van der Waals surface area contributed by atoms with E-state index in [4.69, 9.17) is 4.74 Å². The van der Waals surface area contributed by atoms with Gasteiger partial charge in [-0.05, 0) is 19.1 Å². The lowest BCUT2D eigenvalue weighted by Gasteiger charge is -2.25. The number of carbonyl (C=O) groups is 1. The number of para-hydroxylation sites is 1. The van der Waals surface area contributed by atoms with Gasteiger partial charge in [0.2, 0.25) is 0 Å². The smallest absolute Gasteiger partial charge is 0.341 e. The van der Waals surface area contributed by atoms with Crippen molar-refractivity contribution in [2.24, 2.45) is 0 Å². The highest BCUT2D eigenvalue weighted by molar-refractivity contribution is 5.95. The molecule has 0 amide bonds. The first kappa shape index (κ1) is 9.83. The van der Waals surface area contributed by atoms with Gasteiger partial charge in [-0.2, -0.15) is 0 Å². The number of carbonyl (C=O) groups excluding carboxylic acids is 1. The molecule has 0 spiro atoms. The predicted octanol–water partition coefficient (Wildman–Crippen LogP) is 1.67. The summed E-state index contributed by atoms with van der Waals surface area (Å²) in [7, 11) is 1.36. The molecule has 80 valence electrons. The van der Waals surface area contributed by atoms with Crippen LogP contribution in [0.1, 0.15) is 17.3 Å². The second kappa shape index (κ2) is 3.81. The molecule has 4 heteroatoms. The largest absolute Gasteiger partial charge is 0.488 e. The number of methoxy groups -OCH3 is 1. The summed E-state index contributed by atoms with van der Waals surface area (Å²) in [5.41, 5.74) is 1.31. The molecule has 1 atom stereocenters. The third-order valence-corrected chi connectivity index (χ3v) is 2.30. The van der Waals surface area contributed by atoms with Gasteiger partial charge in [-0.25, -0.2) is 4.79 Å². The van der Waals surface area contributed by atoms with Crippen LogP contribution >= 0.6 is 0 Å². The maximum Gasteiger partial charge on any atom is 0.341 e. The Kier molecular flexibility index (Phi) is 2.49. The van der Waals surface area contributed by atoms with Crippen LogP contribution in [0.3, 0.4) is 0 Å². The van der Waals surface area contributed by atoms with Crippen LogP contribution in [-0.2, 0) is 4.74 Å². The Balaban J connectivity index is 2.42. The van der Waals surface area contributed by atoms with Gasteiger partial charge in [0.05, 0.1) is 18.8 Å². The second-order valence-electron chi connectivity index (χ2n) is 3.53. The predicted molar refractivity (Wildman–Crippen MR) is 56.4 cm³/mol. The second-order valence-corrected chi connectivity index (χ2v) is 3.53. The SMILES string of the molecule is COC(=O)c1cccc2c1OCC(C)N2. The first-order valence-corrected chi connectivity index (χ1v) is 4.83. The minimum absolute atomic E-state index is 0.255. The van der Waals surface area contributed by atoms with Crippen LogP contribution < -0.4 is 10.1 Å². The lowest BCUT2D eigenvalue weighted by Crippen LogP contribution is -2.29. The van der Waals surface area contributed by atoms with Crippen molar-refractivity contribution < 1.29 is 14.3 Å². The van der Waals surface area contributed by atoms with E-state index in [-0.39, 0.29) is 12.0 Å². The topological polar surface area (TPSA) is 47.6 Å². The van der Waals surface area contributed by atoms with Crippen molar-refractivity contribution in [2.45, 2.75) is 13.0 Å². The summed E-state index contributed by atoms with van der Waals surface area (Å²) in [6.45, 7) is 2.58. The van der Waals surface area contributed by atoms with E-state index >= 15 is 0 Å². The summed E-state index contributed by atoms with van der Waals surface area (Å²) in [5, 5.41) is 3.25. The van der Waals surface area contributed by atoms with Crippen molar-refractivity contribution in [1.29, 1.82) is 0 Å². The number of rotatable bonds is 1. The van der Waals surface area contributed by atoms with Gasteiger partial charge in [0, 0.05) is 0 Å². The monoisotopic (exact) mass is 207 g/mol. The highest BCUT2D eigenvalue weighted by Crippen LogP contribution is 2.32. The quantitative estimate of drug-likeness (QED) is 0.711. The molecule has 0 saturated carbocycles. The Morgan fingerprint density at radius 2 is 2.40 bits per heavy atom. The van der Waals surface area contributed by atoms with Crippen molar-refractivity contribution in [1.82, 2.24) is 0 Å². The molecular weight excluding hydrogens is 194 g/mol. The van der Waals surface area contributed by atoms with E-state index in [0.717, 1.165) is 5.69 Å². The fraction of sp³-hybridized carbons (Fsp3) is 0.364. The van der Waals surface area contributed by atoms with Crippen LogP contribution in [0.4, 0.5) is 5.69 Å². The molecule has 0 fully saturated rings. The molecule has 0 aliphatic carbocycles. The Morgan fingerprint density at radius 1 is 1.60 bits per heavy atom. The highest BCUT2D eigenvalue weighted by Gasteiger charge is 2.21. The van der Waals surface area contributed by atoms with Crippen LogP contribution in [0, 0.1) is 0 Å². The Morgan fingerprint density at radius 3 is 3.13 bits per heavy atom. The zero-order valence-corrected chi connectivity index (χ0v) is 8.74. The van der Waals surface area contributed by atoms with E-state index in [1.54, 1.807) is 12.1 Å². The van der Waals surface area contributed by atoms with Crippen LogP contribution in [0.2, 0.25) is 0 Å². The molecule has 4 nitrogen and oxygen atoms in total. The molecule has 1 heterocycles. The molecule has 0 aromatic heterocycles. The zero-order valence-electron chi connectivity index (χ0n) is 8.74. The van der Waals surface area contributed by atoms with E-state index in [1.165, 1.54) is 7.11 Å². The lowest BCUT2D eigenvalue weighted by molar-refractivity contribution is 0.0595. The number of hydrogen-bond acceptors (Lipinski definition) is 4. The number of nitrogens with one attached hydrogen (secondary N) is 1. The fourth-order valence-electron chi connectivity index (χ4n) is 1.59. The summed E-state index contributed by atoms with van der Waals surface area (Å²) in [6.07, 6.45) is 0. The molecule has 0 bridgehead atoms. The highest BCUT2D eigenvalue weighted by atomic mass is 16.5. The molecule has 1 aliphatic rings. The van der Waals surface area contributed by atoms with Crippen LogP contribution in [0.25, 0.3) is 0 Å². The molecule has 0 saturated heterocycles. The molecule has 1 aliphatic heterocycles. The first-order chi connectivity index (χ1) is 7.22. The van der Waals surface area contributed by atoms with Crippen molar-refractivity contribution in [3.8, 4) is 5.75 Å². The Labute approximate surface area is 88.2 Å². The van der Waals surface area contributed by atoms with Gasteiger partial charge in [0.15, 0.2) is 5.75 Å². The van der Waals surface area contributed by atoms with Gasteiger partial charge in [0.25, 0.3) is 0 Å². The van der Waals surface area contributed by atoms with E-state index in [1.807, 2.05) is 13.0 Å². The van der Waals surface area contributed by atoms with Crippen LogP contribution in [0.5, 0.6) is 5.75 Å². The van der Waals surface area contributed by atoms with Gasteiger partial charge in [-0.3, -0.25) is 0 Å². The van der Waals surface area contributed by atoms with Crippen molar-refractivity contribution >= 4 is 11.7 Å². The van der Waals surface area contributed by atoms with Gasteiger partial charge in [0.1, 0.15) is 12.2 Å². The molecule has 2 rings (SSSR count). The number of ether oxygens (including phenoxy) is 2. The van der Waals surface area contributed by atoms with E-state index in [9.17, 15) is 4.79 Å². The summed E-state index contributed by atoms with van der Waals surface area (Å²) in [4.78, 5) is 11.4. The maximum atomic E-state index is 11.4. The molecular formula is C11H13NO3. The number of esters is 1. The standard InChI is InChI=1S/C11H13NO3/c1-7-6-15-10-8(11(13)14-2)4-3-5-9(10)12-7/h3-5,7,12H,6H2,1-2H3. The molecule has 0 radical (unpaired) electrons. The van der Waals surface area contributed by atoms with Crippen molar-refractivity contribution in [3.63, 3.8) is 0 Å². The molecule has 1 N–H and O–H groups in total.